The zero-order chi connectivity index (χ0) is 12.4. The van der Waals surface area contributed by atoms with Gasteiger partial charge in [-0.15, -0.1) is 6.42 Å². The first-order valence-electron chi connectivity index (χ1n) is 4.99. The summed E-state index contributed by atoms with van der Waals surface area (Å²) in [4.78, 5) is 11.7. The lowest BCUT2D eigenvalue weighted by atomic mass is 10.2. The lowest BCUT2D eigenvalue weighted by Crippen LogP contribution is -2.16. The van der Waals surface area contributed by atoms with E-state index >= 15 is 0 Å². The number of halogens is 1. The van der Waals surface area contributed by atoms with E-state index in [1.807, 2.05) is 18.2 Å². The van der Waals surface area contributed by atoms with Crippen molar-refractivity contribution >= 4 is 26.8 Å². The van der Waals surface area contributed by atoms with Gasteiger partial charge in [-0.1, -0.05) is 21.9 Å². The molecule has 0 saturated heterocycles. The molecule has 0 N–H and O–H groups in total. The Hall–Kier alpha value is -1.73. The van der Waals surface area contributed by atoms with Gasteiger partial charge in [0.25, 0.3) is 5.56 Å². The minimum absolute atomic E-state index is 0.119. The molecule has 86 valence electrons. The summed E-state index contributed by atoms with van der Waals surface area (Å²) in [5, 5.41) is 0.858. The Morgan fingerprint density at radius 3 is 2.94 bits per heavy atom. The molecule has 2 aromatic rings. The van der Waals surface area contributed by atoms with Crippen LogP contribution in [0.1, 0.15) is 0 Å². The summed E-state index contributed by atoms with van der Waals surface area (Å²) < 4.78 is 7.89. The molecule has 0 amide bonds. The fourth-order valence-corrected chi connectivity index (χ4v) is 2.00. The zero-order valence-electron chi connectivity index (χ0n) is 9.24. The van der Waals surface area contributed by atoms with Crippen LogP contribution in [0.15, 0.2) is 33.5 Å². The van der Waals surface area contributed by atoms with E-state index in [0.717, 1.165) is 15.4 Å². The number of terminal acetylenes is 1. The summed E-state index contributed by atoms with van der Waals surface area (Å²) >= 11 is 3.39. The van der Waals surface area contributed by atoms with Crippen LogP contribution in [0.25, 0.3) is 10.9 Å². The van der Waals surface area contributed by atoms with Gasteiger partial charge in [-0.25, -0.2) is 0 Å². The van der Waals surface area contributed by atoms with Gasteiger partial charge in [0.1, 0.15) is 12.4 Å². The maximum Gasteiger partial charge on any atom is 0.254 e. The van der Waals surface area contributed by atoms with E-state index in [1.54, 1.807) is 11.6 Å². The van der Waals surface area contributed by atoms with E-state index in [-0.39, 0.29) is 12.2 Å². The number of rotatable bonds is 2. The summed E-state index contributed by atoms with van der Waals surface area (Å²) in [6.07, 6.45) is 5.15. The maximum atomic E-state index is 11.7. The smallest absolute Gasteiger partial charge is 0.254 e. The van der Waals surface area contributed by atoms with Gasteiger partial charge in [0.2, 0.25) is 0 Å². The fraction of sp³-hybridized carbons (Fsp3) is 0.154. The molecule has 3 nitrogen and oxygen atoms in total. The van der Waals surface area contributed by atoms with Crippen LogP contribution < -0.4 is 10.3 Å². The normalized spacial score (nSPS) is 10.2. The number of hydrogen-bond acceptors (Lipinski definition) is 2. The molecule has 1 heterocycles. The van der Waals surface area contributed by atoms with Gasteiger partial charge in [0.05, 0.1) is 5.52 Å². The van der Waals surface area contributed by atoms with Crippen molar-refractivity contribution in [3.63, 3.8) is 0 Å². The van der Waals surface area contributed by atoms with Crippen LogP contribution >= 0.6 is 15.9 Å². The van der Waals surface area contributed by atoms with Gasteiger partial charge in [-0.2, -0.15) is 0 Å². The third-order valence-electron chi connectivity index (χ3n) is 2.48. The largest absolute Gasteiger partial charge is 0.480 e. The SMILES string of the molecule is C#CCOc1cc(=O)n(C)c2ccc(Br)cc12. The number of nitrogens with zero attached hydrogens (tertiary/aromatic N) is 1. The predicted molar refractivity (Wildman–Crippen MR) is 71.2 cm³/mol. The van der Waals surface area contributed by atoms with Gasteiger partial charge in [0, 0.05) is 23.0 Å². The van der Waals surface area contributed by atoms with Crippen molar-refractivity contribution in [1.29, 1.82) is 0 Å². The Morgan fingerprint density at radius 1 is 1.47 bits per heavy atom. The highest BCUT2D eigenvalue weighted by Crippen LogP contribution is 2.26. The average Bonchev–Trinajstić information content (AvgIpc) is 2.32. The minimum atomic E-state index is -0.119. The third kappa shape index (κ3) is 2.20. The summed E-state index contributed by atoms with van der Waals surface area (Å²) in [6.45, 7) is 0.148. The van der Waals surface area contributed by atoms with Gasteiger partial charge >= 0.3 is 0 Å². The molecule has 2 rings (SSSR count). The van der Waals surface area contributed by atoms with Gasteiger partial charge in [-0.3, -0.25) is 4.79 Å². The molecule has 0 spiro atoms. The number of benzene rings is 1. The highest BCUT2D eigenvalue weighted by molar-refractivity contribution is 9.10. The average molecular weight is 292 g/mol. The van der Waals surface area contributed by atoms with Crippen molar-refractivity contribution in [2.24, 2.45) is 7.05 Å². The summed E-state index contributed by atoms with van der Waals surface area (Å²) in [6, 6.07) is 7.10. The van der Waals surface area contributed by atoms with Gasteiger partial charge in [0.15, 0.2) is 0 Å². The van der Waals surface area contributed by atoms with E-state index in [0.29, 0.717) is 5.75 Å². The molecule has 0 radical (unpaired) electrons. The molecule has 0 bridgehead atoms. The Labute approximate surface area is 107 Å². The van der Waals surface area contributed by atoms with Crippen molar-refractivity contribution in [2.45, 2.75) is 0 Å². The third-order valence-corrected chi connectivity index (χ3v) is 2.97. The Morgan fingerprint density at radius 2 is 2.24 bits per heavy atom. The lowest BCUT2D eigenvalue weighted by Gasteiger charge is -2.10. The molecule has 0 saturated carbocycles. The van der Waals surface area contributed by atoms with E-state index in [9.17, 15) is 4.79 Å². The van der Waals surface area contributed by atoms with Crippen LogP contribution in [0, 0.1) is 12.3 Å². The minimum Gasteiger partial charge on any atom is -0.480 e. The lowest BCUT2D eigenvalue weighted by molar-refractivity contribution is 0.374. The van der Waals surface area contributed by atoms with Crippen molar-refractivity contribution in [1.82, 2.24) is 4.57 Å². The van der Waals surface area contributed by atoms with E-state index in [1.165, 1.54) is 6.07 Å². The van der Waals surface area contributed by atoms with E-state index in [4.69, 9.17) is 11.2 Å². The van der Waals surface area contributed by atoms with Crippen LogP contribution in [0.2, 0.25) is 0 Å². The molecule has 1 aromatic carbocycles. The Balaban J connectivity index is 2.74. The fourth-order valence-electron chi connectivity index (χ4n) is 1.64. The molecular formula is C13H10BrNO2. The second kappa shape index (κ2) is 4.64. The van der Waals surface area contributed by atoms with Gasteiger partial charge in [-0.05, 0) is 18.2 Å². The van der Waals surface area contributed by atoms with Crippen LogP contribution in [-0.2, 0) is 7.05 Å². The van der Waals surface area contributed by atoms with Crippen molar-refractivity contribution in [3.8, 4) is 18.1 Å². The van der Waals surface area contributed by atoms with Crippen LogP contribution in [0.3, 0.4) is 0 Å². The number of pyridine rings is 1. The van der Waals surface area contributed by atoms with E-state index in [2.05, 4.69) is 21.9 Å². The second-order valence-corrected chi connectivity index (χ2v) is 4.48. The first-order chi connectivity index (χ1) is 8.13. The molecule has 17 heavy (non-hydrogen) atoms. The molecule has 0 aliphatic rings. The summed E-state index contributed by atoms with van der Waals surface area (Å²) in [5.74, 6) is 2.90. The van der Waals surface area contributed by atoms with Crippen molar-refractivity contribution < 1.29 is 4.74 Å². The molecule has 0 fully saturated rings. The number of aromatic nitrogens is 1. The molecule has 1 aromatic heterocycles. The second-order valence-electron chi connectivity index (χ2n) is 3.56. The Bertz CT molecular complexity index is 667. The van der Waals surface area contributed by atoms with Crippen LogP contribution in [0.4, 0.5) is 0 Å². The van der Waals surface area contributed by atoms with E-state index < -0.39 is 0 Å². The highest BCUT2D eigenvalue weighted by atomic mass is 79.9. The van der Waals surface area contributed by atoms with Crippen molar-refractivity contribution in [2.75, 3.05) is 6.61 Å². The monoisotopic (exact) mass is 291 g/mol. The first-order valence-corrected chi connectivity index (χ1v) is 5.78. The van der Waals surface area contributed by atoms with Crippen LogP contribution in [-0.4, -0.2) is 11.2 Å². The van der Waals surface area contributed by atoms with Crippen molar-refractivity contribution in [3.05, 3.63) is 39.1 Å². The predicted octanol–water partition coefficient (Wildman–Crippen LogP) is 2.31. The Kier molecular flexibility index (Phi) is 3.21. The summed E-state index contributed by atoms with van der Waals surface area (Å²) in [7, 11) is 1.73. The quantitative estimate of drug-likeness (QED) is 0.795. The standard InChI is InChI=1S/C13H10BrNO2/c1-3-6-17-12-8-13(16)15(2)11-5-4-9(14)7-10(11)12/h1,4-5,7-8H,6H2,2H3. The topological polar surface area (TPSA) is 31.2 Å². The highest BCUT2D eigenvalue weighted by Gasteiger charge is 2.07. The number of aryl methyl sites for hydroxylation is 1. The summed E-state index contributed by atoms with van der Waals surface area (Å²) in [5.41, 5.74) is 0.694. The molecule has 0 atom stereocenters. The molecule has 0 unspecified atom stereocenters. The molecule has 0 aliphatic carbocycles. The molecule has 4 heteroatoms. The molecular weight excluding hydrogens is 282 g/mol. The molecule has 0 aliphatic heterocycles. The number of ether oxygens (including phenoxy) is 1. The van der Waals surface area contributed by atoms with Crippen LogP contribution in [0.5, 0.6) is 5.75 Å². The number of fused-ring (bicyclic) bond motifs is 1. The first kappa shape index (κ1) is 11.7. The van der Waals surface area contributed by atoms with Gasteiger partial charge < -0.3 is 9.30 Å². The zero-order valence-corrected chi connectivity index (χ0v) is 10.8. The maximum absolute atomic E-state index is 11.7. The number of hydrogen-bond donors (Lipinski definition) is 0.